The van der Waals surface area contributed by atoms with E-state index in [1.807, 2.05) is 0 Å². The van der Waals surface area contributed by atoms with E-state index in [0.29, 0.717) is 11.6 Å². The molecule has 25 heavy (non-hydrogen) atoms. The number of hydrazine groups is 1. The number of aryl methyl sites for hydroxylation is 3. The quantitative estimate of drug-likeness (QED) is 0.480. The molecule has 0 radical (unpaired) electrons. The predicted molar refractivity (Wildman–Crippen MR) is 107 cm³/mol. The van der Waals surface area contributed by atoms with E-state index in [2.05, 4.69) is 73.0 Å². The van der Waals surface area contributed by atoms with Gasteiger partial charge in [-0.2, -0.15) is 0 Å². The lowest BCUT2D eigenvalue weighted by Gasteiger charge is -2.05. The first-order valence-electron chi connectivity index (χ1n) is 8.13. The van der Waals surface area contributed by atoms with Crippen LogP contribution < -0.4 is 10.9 Å². The van der Waals surface area contributed by atoms with E-state index in [1.165, 1.54) is 21.6 Å². The molecule has 0 spiro atoms. The number of amides is 1. The average molecular weight is 372 g/mol. The van der Waals surface area contributed by atoms with Crippen molar-refractivity contribution < 1.29 is 4.79 Å². The van der Waals surface area contributed by atoms with Crippen molar-refractivity contribution in [3.05, 3.63) is 53.1 Å². The van der Waals surface area contributed by atoms with Crippen molar-refractivity contribution in [3.8, 4) is 0 Å². The van der Waals surface area contributed by atoms with Gasteiger partial charge in [-0.1, -0.05) is 35.1 Å². The van der Waals surface area contributed by atoms with Gasteiger partial charge in [0.05, 0.1) is 10.2 Å². The fourth-order valence-corrected chi connectivity index (χ4v) is 4.23. The number of anilines is 1. The molecule has 0 saturated heterocycles. The molecule has 0 fully saturated rings. The van der Waals surface area contributed by atoms with Gasteiger partial charge in [-0.05, 0) is 50.1 Å². The van der Waals surface area contributed by atoms with Crippen molar-refractivity contribution in [1.29, 1.82) is 0 Å². The number of carbonyl (C=O) groups is 1. The van der Waals surface area contributed by atoms with E-state index in [4.69, 9.17) is 0 Å². The Morgan fingerprint density at radius 3 is 2.64 bits per heavy atom. The van der Waals surface area contributed by atoms with Crippen LogP contribution in [0, 0.1) is 20.8 Å². The smallest absolute Gasteiger partial charge is 0.239 e. The summed E-state index contributed by atoms with van der Waals surface area (Å²) in [7, 11) is 0. The minimum absolute atomic E-state index is 0.0354. The van der Waals surface area contributed by atoms with Crippen molar-refractivity contribution in [2.45, 2.75) is 32.1 Å². The summed E-state index contributed by atoms with van der Waals surface area (Å²) in [5, 5.41) is 0.711. The molecule has 0 unspecified atom stereocenters. The summed E-state index contributed by atoms with van der Waals surface area (Å²) in [5.74, 6) is 0.709. The SMILES string of the molecule is Cc1ccc(SCCC(=O)NNc2nc3cc(C)cc(C)c3s2)cc1. The van der Waals surface area contributed by atoms with E-state index in [0.717, 1.165) is 16.0 Å². The molecule has 0 aliphatic heterocycles. The van der Waals surface area contributed by atoms with Gasteiger partial charge in [0.25, 0.3) is 0 Å². The molecule has 4 nitrogen and oxygen atoms in total. The Hall–Kier alpha value is -2.05. The highest BCUT2D eigenvalue weighted by atomic mass is 32.2. The van der Waals surface area contributed by atoms with Crippen LogP contribution >= 0.6 is 23.1 Å². The van der Waals surface area contributed by atoms with Gasteiger partial charge in [-0.3, -0.25) is 15.6 Å². The van der Waals surface area contributed by atoms with Crippen molar-refractivity contribution >= 4 is 44.4 Å². The second-order valence-electron chi connectivity index (χ2n) is 6.03. The lowest BCUT2D eigenvalue weighted by Crippen LogP contribution is -2.29. The number of thiazole rings is 1. The van der Waals surface area contributed by atoms with Gasteiger partial charge in [-0.15, -0.1) is 11.8 Å². The molecule has 0 aliphatic carbocycles. The first-order chi connectivity index (χ1) is 12.0. The van der Waals surface area contributed by atoms with Crippen LogP contribution in [0.1, 0.15) is 23.1 Å². The Labute approximate surface area is 156 Å². The second kappa shape index (κ2) is 7.89. The van der Waals surface area contributed by atoms with Crippen LogP contribution in [0.25, 0.3) is 10.2 Å². The third-order valence-electron chi connectivity index (χ3n) is 3.75. The third kappa shape index (κ3) is 4.74. The standard InChI is InChI=1S/C19H21N3OS2/c1-12-4-6-15(7-5-12)24-9-8-17(23)21-22-19-20-16-11-13(2)10-14(3)18(16)25-19/h4-7,10-11H,8-9H2,1-3H3,(H,20,22)(H,21,23). The molecule has 2 aromatic carbocycles. The zero-order valence-corrected chi connectivity index (χ0v) is 16.2. The van der Waals surface area contributed by atoms with E-state index in [-0.39, 0.29) is 5.91 Å². The molecular formula is C19H21N3OS2. The number of nitrogens with one attached hydrogen (secondary N) is 2. The molecule has 0 atom stereocenters. The van der Waals surface area contributed by atoms with Crippen molar-refractivity contribution in [1.82, 2.24) is 10.4 Å². The average Bonchev–Trinajstić information content (AvgIpc) is 2.98. The van der Waals surface area contributed by atoms with Gasteiger partial charge in [0.2, 0.25) is 11.0 Å². The maximum absolute atomic E-state index is 12.0. The molecule has 2 N–H and O–H groups in total. The number of hydrogen-bond acceptors (Lipinski definition) is 5. The Balaban J connectivity index is 1.49. The summed E-state index contributed by atoms with van der Waals surface area (Å²) in [4.78, 5) is 17.7. The Kier molecular flexibility index (Phi) is 5.60. The Morgan fingerprint density at radius 1 is 1.12 bits per heavy atom. The summed E-state index contributed by atoms with van der Waals surface area (Å²) in [6, 6.07) is 12.5. The minimum atomic E-state index is -0.0354. The van der Waals surface area contributed by atoms with Crippen LogP contribution in [-0.4, -0.2) is 16.6 Å². The van der Waals surface area contributed by atoms with E-state index >= 15 is 0 Å². The number of nitrogens with zero attached hydrogens (tertiary/aromatic N) is 1. The molecule has 3 rings (SSSR count). The van der Waals surface area contributed by atoms with Crippen LogP contribution in [0.4, 0.5) is 5.13 Å². The second-order valence-corrected chi connectivity index (χ2v) is 8.20. The predicted octanol–water partition coefficient (Wildman–Crippen LogP) is 4.85. The van der Waals surface area contributed by atoms with Gasteiger partial charge in [0, 0.05) is 17.1 Å². The highest BCUT2D eigenvalue weighted by Gasteiger charge is 2.08. The van der Waals surface area contributed by atoms with Gasteiger partial charge in [0.15, 0.2) is 0 Å². The molecule has 1 heterocycles. The van der Waals surface area contributed by atoms with E-state index in [1.54, 1.807) is 23.1 Å². The van der Waals surface area contributed by atoms with Gasteiger partial charge in [0.1, 0.15) is 0 Å². The normalized spacial score (nSPS) is 10.8. The first-order valence-corrected chi connectivity index (χ1v) is 9.93. The highest BCUT2D eigenvalue weighted by molar-refractivity contribution is 7.99. The maximum Gasteiger partial charge on any atom is 0.239 e. The molecule has 6 heteroatoms. The summed E-state index contributed by atoms with van der Waals surface area (Å²) in [5.41, 5.74) is 10.3. The lowest BCUT2D eigenvalue weighted by molar-refractivity contribution is -0.120. The van der Waals surface area contributed by atoms with Crippen LogP contribution in [0.5, 0.6) is 0 Å². The molecule has 0 saturated carbocycles. The molecule has 0 bridgehead atoms. The van der Waals surface area contributed by atoms with Gasteiger partial charge >= 0.3 is 0 Å². The largest absolute Gasteiger partial charge is 0.273 e. The number of fused-ring (bicyclic) bond motifs is 1. The van der Waals surface area contributed by atoms with Crippen molar-refractivity contribution in [3.63, 3.8) is 0 Å². The fourth-order valence-electron chi connectivity index (χ4n) is 2.51. The van der Waals surface area contributed by atoms with Gasteiger partial charge in [-0.25, -0.2) is 4.98 Å². The van der Waals surface area contributed by atoms with Crippen molar-refractivity contribution in [2.75, 3.05) is 11.2 Å². The van der Waals surface area contributed by atoms with E-state index in [9.17, 15) is 4.79 Å². The number of thioether (sulfide) groups is 1. The van der Waals surface area contributed by atoms with Gasteiger partial charge < -0.3 is 0 Å². The molecule has 0 aliphatic rings. The third-order valence-corrected chi connectivity index (χ3v) is 5.88. The summed E-state index contributed by atoms with van der Waals surface area (Å²) in [6.45, 7) is 6.21. The zero-order valence-electron chi connectivity index (χ0n) is 14.6. The summed E-state index contributed by atoms with van der Waals surface area (Å²) in [6.07, 6.45) is 0.453. The van der Waals surface area contributed by atoms with Crippen molar-refractivity contribution in [2.24, 2.45) is 0 Å². The Morgan fingerprint density at radius 2 is 1.88 bits per heavy atom. The van der Waals surface area contributed by atoms with Crippen LogP contribution in [-0.2, 0) is 4.79 Å². The zero-order chi connectivity index (χ0) is 17.8. The molecule has 1 aromatic heterocycles. The summed E-state index contributed by atoms with van der Waals surface area (Å²) >= 11 is 3.24. The Bertz CT molecular complexity index is 888. The maximum atomic E-state index is 12.0. The lowest BCUT2D eigenvalue weighted by atomic mass is 10.1. The minimum Gasteiger partial charge on any atom is -0.273 e. The summed E-state index contributed by atoms with van der Waals surface area (Å²) < 4.78 is 1.15. The number of rotatable bonds is 6. The van der Waals surface area contributed by atoms with Crippen LogP contribution in [0.15, 0.2) is 41.3 Å². The van der Waals surface area contributed by atoms with Crippen LogP contribution in [0.3, 0.4) is 0 Å². The number of hydrogen-bond donors (Lipinski definition) is 2. The molecule has 130 valence electrons. The number of carbonyl (C=O) groups excluding carboxylic acids is 1. The highest BCUT2D eigenvalue weighted by Crippen LogP contribution is 2.29. The number of aromatic nitrogens is 1. The first kappa shape index (κ1) is 17.8. The molecular weight excluding hydrogens is 350 g/mol. The number of benzene rings is 2. The van der Waals surface area contributed by atoms with Crippen LogP contribution in [0.2, 0.25) is 0 Å². The monoisotopic (exact) mass is 371 g/mol. The fraction of sp³-hybridized carbons (Fsp3) is 0.263. The molecule has 1 amide bonds. The molecule has 3 aromatic rings. The topological polar surface area (TPSA) is 54.0 Å². The van der Waals surface area contributed by atoms with E-state index < -0.39 is 0 Å².